The van der Waals surface area contributed by atoms with Crippen molar-refractivity contribution in [2.24, 2.45) is 0 Å². The summed E-state index contributed by atoms with van der Waals surface area (Å²) in [5, 5.41) is 0. The number of benzene rings is 1. The number of carbonyl (C=O) groups excluding carboxylic acids is 2. The molecule has 35 heavy (non-hydrogen) atoms. The zero-order valence-electron chi connectivity index (χ0n) is 20.6. The monoisotopic (exact) mass is 484 g/mol. The van der Waals surface area contributed by atoms with Crippen molar-refractivity contribution in [2.75, 3.05) is 23.8 Å². The molecule has 2 aromatic rings. The Morgan fingerprint density at radius 3 is 2.46 bits per heavy atom. The highest BCUT2D eigenvalue weighted by atomic mass is 16.5. The van der Waals surface area contributed by atoms with Crippen LogP contribution in [0.1, 0.15) is 64.4 Å². The van der Waals surface area contributed by atoms with Gasteiger partial charge in [0.1, 0.15) is 12.4 Å². The average Bonchev–Trinajstić information content (AvgIpc) is 2.84. The van der Waals surface area contributed by atoms with Gasteiger partial charge in [0, 0.05) is 19.5 Å². The van der Waals surface area contributed by atoms with E-state index in [9.17, 15) is 19.2 Å². The van der Waals surface area contributed by atoms with Crippen molar-refractivity contribution >= 4 is 29.5 Å². The first-order valence-electron chi connectivity index (χ1n) is 12.2. The number of hydrogen-bond acceptors (Lipinski definition) is 6. The van der Waals surface area contributed by atoms with Crippen LogP contribution in [-0.4, -0.2) is 34.6 Å². The maximum Gasteiger partial charge on any atom is 0.330 e. The molecule has 0 aliphatic carbocycles. The maximum atomic E-state index is 13.1. The topological polar surface area (TPSA) is 127 Å². The summed E-state index contributed by atoms with van der Waals surface area (Å²) in [6.45, 7) is 4.70. The van der Waals surface area contributed by atoms with E-state index in [1.807, 2.05) is 50.3 Å². The first-order valence-corrected chi connectivity index (χ1v) is 12.2. The van der Waals surface area contributed by atoms with Gasteiger partial charge in [-0.1, -0.05) is 69.5 Å². The molecule has 0 radical (unpaired) electrons. The Morgan fingerprint density at radius 1 is 1.06 bits per heavy atom. The predicted octanol–water partition coefficient (Wildman–Crippen LogP) is 3.48. The smallest absolute Gasteiger partial charge is 0.330 e. The Hall–Kier alpha value is -3.62. The lowest BCUT2D eigenvalue weighted by Crippen LogP contribution is -2.41. The number of nitrogen functional groups attached to an aromatic ring is 1. The molecule has 9 nitrogen and oxygen atoms in total. The van der Waals surface area contributed by atoms with E-state index in [0.717, 1.165) is 24.8 Å². The fraction of sp³-hybridized carbons (Fsp3) is 0.462. The van der Waals surface area contributed by atoms with Crippen molar-refractivity contribution in [1.82, 2.24) is 9.55 Å². The van der Waals surface area contributed by atoms with Crippen molar-refractivity contribution in [3.8, 4) is 0 Å². The van der Waals surface area contributed by atoms with Gasteiger partial charge in [-0.2, -0.15) is 0 Å². The summed E-state index contributed by atoms with van der Waals surface area (Å²) in [7, 11) is 0. The fourth-order valence-corrected chi connectivity index (χ4v) is 3.56. The number of aromatic amines is 1. The molecule has 1 amide bonds. The predicted molar refractivity (Wildman–Crippen MR) is 138 cm³/mol. The molecule has 0 aliphatic rings. The number of rotatable bonds is 14. The highest BCUT2D eigenvalue weighted by Crippen LogP contribution is 2.20. The van der Waals surface area contributed by atoms with Gasteiger partial charge in [0.05, 0.1) is 6.42 Å². The number of H-pyrrole nitrogens is 1. The molecular weight excluding hydrogens is 448 g/mol. The number of hydrogen-bond donors (Lipinski definition) is 2. The number of nitrogens with zero attached hydrogens (tertiary/aromatic N) is 2. The van der Waals surface area contributed by atoms with E-state index >= 15 is 0 Å². The number of esters is 1. The second kappa shape index (κ2) is 14.6. The minimum absolute atomic E-state index is 0.0364. The number of aromatic nitrogens is 2. The summed E-state index contributed by atoms with van der Waals surface area (Å²) >= 11 is 0. The van der Waals surface area contributed by atoms with E-state index in [0.29, 0.717) is 19.4 Å². The van der Waals surface area contributed by atoms with Gasteiger partial charge in [-0.05, 0) is 24.5 Å². The van der Waals surface area contributed by atoms with E-state index in [1.165, 1.54) is 9.47 Å². The van der Waals surface area contributed by atoms with Crippen LogP contribution in [0, 0.1) is 0 Å². The standard InChI is InChI=1S/C26H36N4O5/c1-3-5-10-18-29(23-24(27)30(17-6-4-2)26(34)28-25(23)33)21(31)15-16-22(32)35-19-11-14-20-12-8-7-9-13-20/h7-9,11-14H,3-6,10,15-19,27H2,1-2H3,(H,28,33,34)/b14-11+. The first kappa shape index (κ1) is 27.6. The lowest BCUT2D eigenvalue weighted by Gasteiger charge is -2.24. The third-order valence-electron chi connectivity index (χ3n) is 5.50. The summed E-state index contributed by atoms with van der Waals surface area (Å²) in [5.41, 5.74) is 5.84. The third-order valence-corrected chi connectivity index (χ3v) is 5.50. The molecule has 1 heterocycles. The molecule has 2 rings (SSSR count). The number of nitrogens with two attached hydrogens (primary N) is 1. The van der Waals surface area contributed by atoms with Crippen LogP contribution in [0.2, 0.25) is 0 Å². The average molecular weight is 485 g/mol. The number of carbonyl (C=O) groups is 2. The van der Waals surface area contributed by atoms with Gasteiger partial charge >= 0.3 is 11.7 Å². The maximum absolute atomic E-state index is 13.1. The summed E-state index contributed by atoms with van der Waals surface area (Å²) in [6.07, 6.45) is 7.27. The Bertz CT molecular complexity index is 1100. The number of anilines is 2. The lowest BCUT2D eigenvalue weighted by molar-refractivity contribution is -0.143. The normalized spacial score (nSPS) is 11.0. The van der Waals surface area contributed by atoms with Crippen LogP contribution >= 0.6 is 0 Å². The molecule has 0 atom stereocenters. The number of nitrogens with one attached hydrogen (secondary N) is 1. The second-order valence-corrected chi connectivity index (χ2v) is 8.25. The molecule has 190 valence electrons. The molecule has 0 saturated carbocycles. The molecule has 0 fully saturated rings. The van der Waals surface area contributed by atoms with Gasteiger partial charge < -0.3 is 15.4 Å². The van der Waals surface area contributed by atoms with E-state index < -0.39 is 23.1 Å². The zero-order valence-corrected chi connectivity index (χ0v) is 20.6. The first-order chi connectivity index (χ1) is 16.9. The number of ether oxygens (including phenoxy) is 1. The van der Waals surface area contributed by atoms with Gasteiger partial charge in [-0.15, -0.1) is 0 Å². The van der Waals surface area contributed by atoms with Crippen molar-refractivity contribution in [3.63, 3.8) is 0 Å². The SMILES string of the molecule is CCCCCN(C(=O)CCC(=O)OC/C=C/c1ccccc1)c1c(N)n(CCCC)c(=O)[nH]c1=O. The Morgan fingerprint density at radius 2 is 1.77 bits per heavy atom. The molecule has 0 aliphatic heterocycles. The Balaban J connectivity index is 2.08. The Labute approximate surface area is 205 Å². The third kappa shape index (κ3) is 8.59. The van der Waals surface area contributed by atoms with Crippen molar-refractivity contribution < 1.29 is 14.3 Å². The van der Waals surface area contributed by atoms with E-state index in [4.69, 9.17) is 10.5 Å². The van der Waals surface area contributed by atoms with Crippen LogP contribution in [0.3, 0.4) is 0 Å². The van der Waals surface area contributed by atoms with Crippen LogP contribution in [0.4, 0.5) is 11.5 Å². The highest BCUT2D eigenvalue weighted by Gasteiger charge is 2.24. The molecule has 0 spiro atoms. The second-order valence-electron chi connectivity index (χ2n) is 8.25. The highest BCUT2D eigenvalue weighted by molar-refractivity contribution is 5.96. The van der Waals surface area contributed by atoms with Gasteiger partial charge in [0.15, 0.2) is 5.69 Å². The minimum atomic E-state index is -0.710. The molecule has 3 N–H and O–H groups in total. The summed E-state index contributed by atoms with van der Waals surface area (Å²) in [5.74, 6) is -0.971. The molecule has 0 unspecified atom stereocenters. The quantitative estimate of drug-likeness (QED) is 0.312. The molecule has 9 heteroatoms. The van der Waals surface area contributed by atoms with Crippen molar-refractivity contribution in [1.29, 1.82) is 0 Å². The van der Waals surface area contributed by atoms with Crippen LogP contribution < -0.4 is 21.9 Å². The lowest BCUT2D eigenvalue weighted by atomic mass is 10.2. The minimum Gasteiger partial charge on any atom is -0.461 e. The zero-order chi connectivity index (χ0) is 25.6. The van der Waals surface area contributed by atoms with Crippen LogP contribution in [0.25, 0.3) is 6.08 Å². The van der Waals surface area contributed by atoms with Crippen molar-refractivity contribution in [3.05, 3.63) is 62.8 Å². The molecule has 0 saturated heterocycles. The largest absolute Gasteiger partial charge is 0.461 e. The summed E-state index contributed by atoms with van der Waals surface area (Å²) in [6, 6.07) is 9.61. The number of unbranched alkanes of at least 4 members (excludes halogenated alkanes) is 3. The fourth-order valence-electron chi connectivity index (χ4n) is 3.56. The van der Waals surface area contributed by atoms with Gasteiger partial charge in [0.25, 0.3) is 5.56 Å². The summed E-state index contributed by atoms with van der Waals surface area (Å²) in [4.78, 5) is 53.7. The van der Waals surface area contributed by atoms with Crippen LogP contribution in [0.5, 0.6) is 0 Å². The van der Waals surface area contributed by atoms with Crippen LogP contribution in [-0.2, 0) is 20.9 Å². The van der Waals surface area contributed by atoms with E-state index in [1.54, 1.807) is 6.08 Å². The molecule has 1 aromatic heterocycles. The van der Waals surface area contributed by atoms with Gasteiger partial charge in [-0.3, -0.25) is 23.9 Å². The Kier molecular flexibility index (Phi) is 11.5. The van der Waals surface area contributed by atoms with Crippen molar-refractivity contribution in [2.45, 2.75) is 65.3 Å². The van der Waals surface area contributed by atoms with Gasteiger partial charge in [-0.25, -0.2) is 4.79 Å². The summed E-state index contributed by atoms with van der Waals surface area (Å²) < 4.78 is 6.48. The number of amides is 1. The molecular formula is C26H36N4O5. The van der Waals surface area contributed by atoms with Crippen LogP contribution in [0.15, 0.2) is 46.0 Å². The van der Waals surface area contributed by atoms with E-state index in [-0.39, 0.29) is 37.5 Å². The van der Waals surface area contributed by atoms with Gasteiger partial charge in [0.2, 0.25) is 5.91 Å². The van der Waals surface area contributed by atoms with E-state index in [2.05, 4.69) is 4.98 Å². The molecule has 1 aromatic carbocycles. The molecule has 0 bridgehead atoms.